The second kappa shape index (κ2) is 5.67. The van der Waals surface area contributed by atoms with Crippen molar-refractivity contribution in [1.29, 1.82) is 0 Å². The average Bonchev–Trinajstić information content (AvgIpc) is 3.16. The van der Waals surface area contributed by atoms with Crippen LogP contribution >= 0.6 is 11.3 Å². The fourth-order valence-electron chi connectivity index (χ4n) is 2.13. The normalized spacial score (nSPS) is 17.8. The first kappa shape index (κ1) is 13.8. The third kappa shape index (κ3) is 2.68. The molecule has 0 fully saturated rings. The fourth-order valence-corrected chi connectivity index (χ4v) is 2.78. The van der Waals surface area contributed by atoms with Crippen molar-refractivity contribution in [3.63, 3.8) is 0 Å². The van der Waals surface area contributed by atoms with E-state index in [1.54, 1.807) is 7.11 Å². The number of oxazole rings is 1. The van der Waals surface area contributed by atoms with Crippen molar-refractivity contribution in [3.8, 4) is 10.8 Å². The van der Waals surface area contributed by atoms with Crippen LogP contribution in [0.3, 0.4) is 0 Å². The highest BCUT2D eigenvalue weighted by Crippen LogP contribution is 2.31. The lowest BCUT2D eigenvalue weighted by molar-refractivity contribution is 0.0995. The van der Waals surface area contributed by atoms with Gasteiger partial charge in [0, 0.05) is 12.7 Å². The van der Waals surface area contributed by atoms with Gasteiger partial charge >= 0.3 is 0 Å². The lowest BCUT2D eigenvalue weighted by Gasteiger charge is -2.13. The molecule has 0 bridgehead atoms. The highest BCUT2D eigenvalue weighted by molar-refractivity contribution is 7.13. The number of amides is 1. The smallest absolute Gasteiger partial charge is 0.271 e. The van der Waals surface area contributed by atoms with Crippen LogP contribution < -0.4 is 5.73 Å². The number of rotatable bonds is 4. The Bertz CT molecular complexity index is 713. The van der Waals surface area contributed by atoms with Crippen LogP contribution in [-0.4, -0.2) is 24.1 Å². The molecule has 1 unspecified atom stereocenters. The molecule has 0 saturated carbocycles. The van der Waals surface area contributed by atoms with Gasteiger partial charge in [-0.15, -0.1) is 11.3 Å². The maximum absolute atomic E-state index is 11.6. The monoisotopic (exact) mass is 302 g/mol. The number of primary amides is 1. The minimum absolute atomic E-state index is 0.0467. The van der Waals surface area contributed by atoms with Gasteiger partial charge in [-0.05, 0) is 17.9 Å². The molecule has 2 N–H and O–H groups in total. The van der Waals surface area contributed by atoms with E-state index in [0.717, 1.165) is 16.9 Å². The number of hydrogen-bond acceptors (Lipinski definition) is 5. The van der Waals surface area contributed by atoms with Crippen molar-refractivity contribution < 1.29 is 13.9 Å². The van der Waals surface area contributed by atoms with E-state index in [2.05, 4.69) is 4.98 Å². The van der Waals surface area contributed by atoms with E-state index < -0.39 is 5.91 Å². The lowest BCUT2D eigenvalue weighted by atomic mass is 10.0. The summed E-state index contributed by atoms with van der Waals surface area (Å²) in [6.07, 6.45) is 6.51. The van der Waals surface area contributed by atoms with Crippen LogP contribution in [0, 0.1) is 0 Å². The number of allylic oxidation sites excluding steroid dienone is 2. The van der Waals surface area contributed by atoms with Crippen molar-refractivity contribution >= 4 is 22.8 Å². The van der Waals surface area contributed by atoms with Crippen LogP contribution in [0.1, 0.15) is 22.7 Å². The predicted octanol–water partition coefficient (Wildman–Crippen LogP) is 2.86. The molecule has 1 atom stereocenters. The Morgan fingerprint density at radius 3 is 3.00 bits per heavy atom. The highest BCUT2D eigenvalue weighted by Gasteiger charge is 2.22. The molecule has 2 heterocycles. The minimum Gasteiger partial charge on any atom is -0.434 e. The van der Waals surface area contributed by atoms with Gasteiger partial charge in [0.1, 0.15) is 0 Å². The molecule has 0 aliphatic heterocycles. The molecule has 3 rings (SSSR count). The first-order valence-corrected chi connectivity index (χ1v) is 7.33. The van der Waals surface area contributed by atoms with E-state index in [-0.39, 0.29) is 11.8 Å². The van der Waals surface area contributed by atoms with Crippen LogP contribution in [0.15, 0.2) is 40.2 Å². The molecule has 1 amide bonds. The Balaban J connectivity index is 2.00. The fraction of sp³-hybridized carbons (Fsp3) is 0.200. The number of ether oxygens (including phenoxy) is 1. The summed E-state index contributed by atoms with van der Waals surface area (Å²) in [5, 5.41) is 1.92. The van der Waals surface area contributed by atoms with Gasteiger partial charge in [0.05, 0.1) is 11.0 Å². The molecule has 5 nitrogen and oxygen atoms in total. The van der Waals surface area contributed by atoms with Crippen molar-refractivity contribution in [2.45, 2.75) is 12.5 Å². The molecular weight excluding hydrogens is 288 g/mol. The highest BCUT2D eigenvalue weighted by atomic mass is 32.1. The molecule has 0 aromatic carbocycles. The van der Waals surface area contributed by atoms with Gasteiger partial charge in [-0.2, -0.15) is 0 Å². The summed E-state index contributed by atoms with van der Waals surface area (Å²) in [5.74, 6) is 0.230. The average molecular weight is 302 g/mol. The van der Waals surface area contributed by atoms with E-state index in [4.69, 9.17) is 14.9 Å². The van der Waals surface area contributed by atoms with Crippen LogP contribution in [0.2, 0.25) is 0 Å². The van der Waals surface area contributed by atoms with E-state index >= 15 is 0 Å². The zero-order chi connectivity index (χ0) is 14.8. The van der Waals surface area contributed by atoms with Crippen LogP contribution in [-0.2, 0) is 4.74 Å². The second-order valence-electron chi connectivity index (χ2n) is 4.57. The van der Waals surface area contributed by atoms with Gasteiger partial charge in [0.15, 0.2) is 11.5 Å². The molecule has 6 heteroatoms. The SMILES string of the molecule is COC1C=CC(c2oc(-c3cccs3)nc2C(N)=O)=CC1. The lowest BCUT2D eigenvalue weighted by Crippen LogP contribution is -2.14. The summed E-state index contributed by atoms with van der Waals surface area (Å²) in [7, 11) is 1.66. The van der Waals surface area contributed by atoms with Gasteiger partial charge in [0.25, 0.3) is 5.91 Å². The van der Waals surface area contributed by atoms with E-state index in [0.29, 0.717) is 11.7 Å². The number of hydrogen-bond donors (Lipinski definition) is 1. The van der Waals surface area contributed by atoms with Gasteiger partial charge in [-0.25, -0.2) is 4.98 Å². The number of thiophene rings is 1. The largest absolute Gasteiger partial charge is 0.434 e. The molecule has 2 aromatic rings. The van der Waals surface area contributed by atoms with E-state index in [9.17, 15) is 4.79 Å². The van der Waals surface area contributed by atoms with E-state index in [1.165, 1.54) is 11.3 Å². The van der Waals surface area contributed by atoms with Gasteiger partial charge in [-0.1, -0.05) is 24.3 Å². The van der Waals surface area contributed by atoms with Crippen molar-refractivity contribution in [3.05, 3.63) is 47.2 Å². The summed E-state index contributed by atoms with van der Waals surface area (Å²) < 4.78 is 11.0. The molecule has 0 spiro atoms. The zero-order valence-corrected chi connectivity index (χ0v) is 12.2. The van der Waals surface area contributed by atoms with Crippen molar-refractivity contribution in [2.24, 2.45) is 5.73 Å². The number of aromatic nitrogens is 1. The third-order valence-electron chi connectivity index (χ3n) is 3.22. The summed E-state index contributed by atoms with van der Waals surface area (Å²) >= 11 is 1.49. The molecule has 2 aromatic heterocycles. The molecule has 21 heavy (non-hydrogen) atoms. The van der Waals surface area contributed by atoms with Crippen LogP contribution in [0.4, 0.5) is 0 Å². The van der Waals surface area contributed by atoms with Crippen molar-refractivity contribution in [2.75, 3.05) is 7.11 Å². The third-order valence-corrected chi connectivity index (χ3v) is 4.08. The Labute approximate surface area is 125 Å². The summed E-state index contributed by atoms with van der Waals surface area (Å²) in [6.45, 7) is 0. The number of nitrogens with two attached hydrogens (primary N) is 1. The topological polar surface area (TPSA) is 78.3 Å². The van der Waals surface area contributed by atoms with Crippen molar-refractivity contribution in [1.82, 2.24) is 4.98 Å². The minimum atomic E-state index is -0.597. The Hall–Kier alpha value is -2.18. The van der Waals surface area contributed by atoms with Gasteiger partial charge in [0.2, 0.25) is 5.89 Å². The van der Waals surface area contributed by atoms with Gasteiger partial charge in [-0.3, -0.25) is 4.79 Å². The summed E-state index contributed by atoms with van der Waals surface area (Å²) in [6, 6.07) is 3.79. The molecule has 0 radical (unpaired) electrons. The number of carbonyl (C=O) groups excluding carboxylic acids is 1. The first-order chi connectivity index (χ1) is 10.2. The van der Waals surface area contributed by atoms with Gasteiger partial charge < -0.3 is 14.9 Å². The molecule has 108 valence electrons. The second-order valence-corrected chi connectivity index (χ2v) is 5.51. The maximum atomic E-state index is 11.6. The van der Waals surface area contributed by atoms with Crippen LogP contribution in [0.25, 0.3) is 16.3 Å². The van der Waals surface area contributed by atoms with Crippen LogP contribution in [0.5, 0.6) is 0 Å². The molecule has 1 aliphatic carbocycles. The standard InChI is InChI=1S/C15H14N2O3S/c1-19-10-6-4-9(5-7-10)13-12(14(16)18)17-15(20-13)11-3-2-8-21-11/h2-6,8,10H,7H2,1H3,(H2,16,18). The number of carbonyl (C=O) groups is 1. The Kier molecular flexibility index (Phi) is 3.72. The van der Waals surface area contributed by atoms with E-state index in [1.807, 2.05) is 35.7 Å². The number of nitrogens with zero attached hydrogens (tertiary/aromatic N) is 1. The quantitative estimate of drug-likeness (QED) is 0.942. The summed E-state index contributed by atoms with van der Waals surface area (Å²) in [5.41, 5.74) is 6.36. The molecule has 1 aliphatic rings. The number of methoxy groups -OCH3 is 1. The molecule has 0 saturated heterocycles. The maximum Gasteiger partial charge on any atom is 0.271 e. The first-order valence-electron chi connectivity index (χ1n) is 6.45. The zero-order valence-electron chi connectivity index (χ0n) is 11.4. The Morgan fingerprint density at radius 1 is 1.57 bits per heavy atom. The Morgan fingerprint density at radius 2 is 2.43 bits per heavy atom. The molecular formula is C15H14N2O3S. The predicted molar refractivity (Wildman–Crippen MR) is 80.9 cm³/mol. The summed E-state index contributed by atoms with van der Waals surface area (Å²) in [4.78, 5) is 16.7.